The summed E-state index contributed by atoms with van der Waals surface area (Å²) in [6.07, 6.45) is 7.87. The minimum Gasteiger partial charge on any atom is -0.480 e. The summed E-state index contributed by atoms with van der Waals surface area (Å²) in [5, 5.41) is 9.65. The third kappa shape index (κ3) is 2.12. The van der Waals surface area contributed by atoms with Crippen LogP contribution in [-0.4, -0.2) is 34.0 Å². The Morgan fingerprint density at radius 1 is 1.50 bits per heavy atom. The van der Waals surface area contributed by atoms with Gasteiger partial charge in [0.2, 0.25) is 0 Å². The molecule has 1 unspecified atom stereocenters. The molecule has 0 saturated heterocycles. The van der Waals surface area contributed by atoms with E-state index < -0.39 is 11.5 Å². The lowest BCUT2D eigenvalue weighted by atomic mass is 9.90. The largest absolute Gasteiger partial charge is 0.480 e. The number of aromatic nitrogens is 1. The van der Waals surface area contributed by atoms with E-state index in [-0.39, 0.29) is 0 Å². The first-order valence-electron chi connectivity index (χ1n) is 6.43. The van der Waals surface area contributed by atoms with E-state index in [1.165, 1.54) is 12.8 Å². The predicted octanol–water partition coefficient (Wildman–Crippen LogP) is 2.26. The Hall–Kier alpha value is -1.42. The van der Waals surface area contributed by atoms with Gasteiger partial charge in [-0.3, -0.25) is 9.88 Å². The first-order chi connectivity index (χ1) is 8.56. The highest BCUT2D eigenvalue weighted by molar-refractivity contribution is 5.80. The number of likely N-dealkylation sites (N-methyl/N-ethyl adjacent to an activating group) is 1. The van der Waals surface area contributed by atoms with Crippen molar-refractivity contribution in [1.82, 2.24) is 9.88 Å². The molecule has 4 heteroatoms. The van der Waals surface area contributed by atoms with Gasteiger partial charge in [0.15, 0.2) is 0 Å². The standard InChI is InChI=1S/C14H20N2O2/c1-14(13(17)18,11-6-5-9-15-10-11)16(2)12-7-3-4-8-12/h5-6,9-10,12H,3-4,7-8H2,1-2H3,(H,17,18). The number of carboxylic acid groups (broad SMARTS) is 1. The van der Waals surface area contributed by atoms with E-state index in [0.29, 0.717) is 6.04 Å². The molecular formula is C14H20N2O2. The molecular weight excluding hydrogens is 228 g/mol. The average Bonchev–Trinajstić information content (AvgIpc) is 2.91. The molecule has 1 aliphatic carbocycles. The third-order valence-electron chi connectivity index (χ3n) is 4.22. The van der Waals surface area contributed by atoms with Gasteiger partial charge in [-0.2, -0.15) is 0 Å². The molecule has 0 amide bonds. The zero-order chi connectivity index (χ0) is 13.2. The zero-order valence-corrected chi connectivity index (χ0v) is 11.0. The van der Waals surface area contributed by atoms with Gasteiger partial charge >= 0.3 is 5.97 Å². The molecule has 2 rings (SSSR count). The highest BCUT2D eigenvalue weighted by atomic mass is 16.4. The maximum absolute atomic E-state index is 11.8. The Balaban J connectivity index is 2.34. The second kappa shape index (κ2) is 5.06. The van der Waals surface area contributed by atoms with Gasteiger partial charge in [0, 0.05) is 24.0 Å². The fourth-order valence-electron chi connectivity index (χ4n) is 2.79. The zero-order valence-electron chi connectivity index (χ0n) is 11.0. The first-order valence-corrected chi connectivity index (χ1v) is 6.43. The van der Waals surface area contributed by atoms with E-state index in [0.717, 1.165) is 18.4 Å². The monoisotopic (exact) mass is 248 g/mol. The van der Waals surface area contributed by atoms with Crippen molar-refractivity contribution in [2.75, 3.05) is 7.05 Å². The van der Waals surface area contributed by atoms with Crippen molar-refractivity contribution in [1.29, 1.82) is 0 Å². The molecule has 0 aliphatic heterocycles. The molecule has 0 bridgehead atoms. The molecule has 0 spiro atoms. The van der Waals surface area contributed by atoms with Gasteiger partial charge in [-0.1, -0.05) is 18.9 Å². The van der Waals surface area contributed by atoms with Crippen molar-refractivity contribution in [3.63, 3.8) is 0 Å². The van der Waals surface area contributed by atoms with E-state index in [2.05, 4.69) is 4.98 Å². The van der Waals surface area contributed by atoms with Crippen LogP contribution in [-0.2, 0) is 10.3 Å². The Kier molecular flexibility index (Phi) is 3.66. The molecule has 0 radical (unpaired) electrons. The van der Waals surface area contributed by atoms with Gasteiger partial charge in [-0.25, -0.2) is 4.79 Å². The van der Waals surface area contributed by atoms with Crippen LogP contribution in [0.3, 0.4) is 0 Å². The highest BCUT2D eigenvalue weighted by Gasteiger charge is 2.43. The summed E-state index contributed by atoms with van der Waals surface area (Å²) in [7, 11) is 1.91. The number of aliphatic carboxylic acids is 1. The number of hydrogen-bond donors (Lipinski definition) is 1. The van der Waals surface area contributed by atoms with Crippen LogP contribution in [0.15, 0.2) is 24.5 Å². The minimum atomic E-state index is -0.997. The van der Waals surface area contributed by atoms with Crippen LogP contribution in [0.1, 0.15) is 38.2 Å². The number of rotatable bonds is 4. The molecule has 98 valence electrons. The predicted molar refractivity (Wildman–Crippen MR) is 69.2 cm³/mol. The van der Waals surface area contributed by atoms with Crippen LogP contribution in [0.25, 0.3) is 0 Å². The first kappa shape index (κ1) is 13.0. The van der Waals surface area contributed by atoms with Gasteiger partial charge in [0.25, 0.3) is 0 Å². The lowest BCUT2D eigenvalue weighted by Crippen LogP contribution is -2.51. The molecule has 1 aromatic heterocycles. The number of pyridine rings is 1. The summed E-state index contributed by atoms with van der Waals surface area (Å²) in [4.78, 5) is 17.8. The Labute approximate surface area is 108 Å². The van der Waals surface area contributed by atoms with Crippen LogP contribution < -0.4 is 0 Å². The summed E-state index contributed by atoms with van der Waals surface area (Å²) in [5.41, 5.74) is -0.254. The number of hydrogen-bond acceptors (Lipinski definition) is 3. The summed E-state index contributed by atoms with van der Waals surface area (Å²) >= 11 is 0. The van der Waals surface area contributed by atoms with Gasteiger partial charge in [-0.15, -0.1) is 0 Å². The summed E-state index contributed by atoms with van der Waals surface area (Å²) in [5.74, 6) is -0.815. The summed E-state index contributed by atoms with van der Waals surface area (Å²) in [6, 6.07) is 3.98. The molecule has 0 aromatic carbocycles. The van der Waals surface area contributed by atoms with Gasteiger partial charge < -0.3 is 5.11 Å². The SMILES string of the molecule is CN(C1CCCC1)C(C)(C(=O)O)c1cccnc1. The second-order valence-corrected chi connectivity index (χ2v) is 5.17. The molecule has 1 fully saturated rings. The Bertz CT molecular complexity index is 415. The van der Waals surface area contributed by atoms with Crippen LogP contribution >= 0.6 is 0 Å². The molecule has 1 saturated carbocycles. The lowest BCUT2D eigenvalue weighted by Gasteiger charge is -2.39. The molecule has 1 aliphatic rings. The second-order valence-electron chi connectivity index (χ2n) is 5.17. The number of carbonyl (C=O) groups is 1. The smallest absolute Gasteiger partial charge is 0.328 e. The maximum atomic E-state index is 11.8. The fraction of sp³-hybridized carbons (Fsp3) is 0.571. The van der Waals surface area contributed by atoms with Crippen LogP contribution in [0, 0.1) is 0 Å². The number of carboxylic acids is 1. The Morgan fingerprint density at radius 2 is 2.17 bits per heavy atom. The molecule has 4 nitrogen and oxygen atoms in total. The summed E-state index contributed by atoms with van der Waals surface area (Å²) in [6.45, 7) is 1.77. The van der Waals surface area contributed by atoms with E-state index in [4.69, 9.17) is 0 Å². The maximum Gasteiger partial charge on any atom is 0.328 e. The lowest BCUT2D eigenvalue weighted by molar-refractivity contribution is -0.152. The number of nitrogens with zero attached hydrogens (tertiary/aromatic N) is 2. The third-order valence-corrected chi connectivity index (χ3v) is 4.22. The average molecular weight is 248 g/mol. The highest BCUT2D eigenvalue weighted by Crippen LogP contribution is 2.34. The fourth-order valence-corrected chi connectivity index (χ4v) is 2.79. The van der Waals surface area contributed by atoms with E-state index >= 15 is 0 Å². The molecule has 1 atom stereocenters. The summed E-state index contributed by atoms with van der Waals surface area (Å²) < 4.78 is 0. The molecule has 1 aromatic rings. The Morgan fingerprint density at radius 3 is 2.67 bits per heavy atom. The van der Waals surface area contributed by atoms with Crippen LogP contribution in [0.2, 0.25) is 0 Å². The van der Waals surface area contributed by atoms with Gasteiger partial charge in [0.05, 0.1) is 0 Å². The van der Waals surface area contributed by atoms with E-state index in [9.17, 15) is 9.90 Å². The van der Waals surface area contributed by atoms with Gasteiger partial charge in [0.1, 0.15) is 5.54 Å². The van der Waals surface area contributed by atoms with E-state index in [1.807, 2.05) is 18.0 Å². The van der Waals surface area contributed by atoms with Gasteiger partial charge in [-0.05, 0) is 32.9 Å². The molecule has 1 heterocycles. The molecule has 18 heavy (non-hydrogen) atoms. The van der Waals surface area contributed by atoms with Crippen LogP contribution in [0.5, 0.6) is 0 Å². The van der Waals surface area contributed by atoms with Crippen molar-refractivity contribution in [2.45, 2.75) is 44.2 Å². The topological polar surface area (TPSA) is 53.4 Å². The van der Waals surface area contributed by atoms with Crippen molar-refractivity contribution in [3.05, 3.63) is 30.1 Å². The van der Waals surface area contributed by atoms with Crippen molar-refractivity contribution < 1.29 is 9.90 Å². The molecule has 1 N–H and O–H groups in total. The normalized spacial score (nSPS) is 19.9. The van der Waals surface area contributed by atoms with Crippen LogP contribution in [0.4, 0.5) is 0 Å². The van der Waals surface area contributed by atoms with Crippen molar-refractivity contribution in [2.24, 2.45) is 0 Å². The minimum absolute atomic E-state index is 0.353. The van der Waals surface area contributed by atoms with Crippen molar-refractivity contribution in [3.8, 4) is 0 Å². The quantitative estimate of drug-likeness (QED) is 0.888. The van der Waals surface area contributed by atoms with E-state index in [1.54, 1.807) is 25.4 Å². The van der Waals surface area contributed by atoms with Crippen molar-refractivity contribution >= 4 is 5.97 Å².